The van der Waals surface area contributed by atoms with Gasteiger partial charge in [0.1, 0.15) is 0 Å². The second-order valence-electron chi connectivity index (χ2n) is 6.00. The Morgan fingerprint density at radius 1 is 0.857 bits per heavy atom. The zero-order valence-electron chi connectivity index (χ0n) is 13.9. The normalized spacial score (nSPS) is 12.9. The summed E-state index contributed by atoms with van der Waals surface area (Å²) in [6.07, 6.45) is 21.7. The molecule has 0 aromatic rings. The van der Waals surface area contributed by atoms with E-state index in [-0.39, 0.29) is 5.25 Å². The first kappa shape index (κ1) is 20.7. The van der Waals surface area contributed by atoms with E-state index in [1.54, 1.807) is 0 Å². The lowest BCUT2D eigenvalue weighted by Crippen LogP contribution is -2.00. The molecule has 0 spiro atoms. The minimum Gasteiger partial charge on any atom is -0.174 e. The Morgan fingerprint density at radius 3 is 1.90 bits per heavy atom. The van der Waals surface area contributed by atoms with Gasteiger partial charge in [-0.2, -0.15) is 17.5 Å². The minimum atomic E-state index is 0.0936. The molecule has 0 saturated carbocycles. The molecule has 0 radical (unpaired) electrons. The second kappa shape index (κ2) is 17.7. The van der Waals surface area contributed by atoms with Crippen LogP contribution in [-0.2, 0) is 0 Å². The van der Waals surface area contributed by atoms with Crippen LogP contribution in [0.25, 0.3) is 0 Å². The zero-order valence-corrected chi connectivity index (χ0v) is 14.8. The third-order valence-corrected chi connectivity index (χ3v) is 4.21. The summed E-state index contributed by atoms with van der Waals surface area (Å²) in [5, 5.41) is 2.95. The summed E-state index contributed by atoms with van der Waals surface area (Å²) >= 11 is 4.28. The van der Waals surface area contributed by atoms with Crippen LogP contribution < -0.4 is 0 Å². The maximum absolute atomic E-state index is 10.0. The van der Waals surface area contributed by atoms with Gasteiger partial charge < -0.3 is 0 Å². The highest BCUT2D eigenvalue weighted by molar-refractivity contribution is 7.81. The number of nitroso groups, excluding NO2 is 1. The number of nitrogens with zero attached hydrogens (tertiary/aromatic N) is 1. The quantitative estimate of drug-likeness (QED) is 0.146. The van der Waals surface area contributed by atoms with Crippen molar-refractivity contribution in [1.82, 2.24) is 0 Å². The van der Waals surface area contributed by atoms with E-state index in [0.717, 1.165) is 12.8 Å². The fraction of sp³-hybridized carbons (Fsp3) is 0.889. The van der Waals surface area contributed by atoms with Crippen molar-refractivity contribution in [3.63, 3.8) is 0 Å². The van der Waals surface area contributed by atoms with Gasteiger partial charge in [0, 0.05) is 5.25 Å². The summed E-state index contributed by atoms with van der Waals surface area (Å²) in [5.74, 6) is 0. The van der Waals surface area contributed by atoms with E-state index >= 15 is 0 Å². The molecule has 0 aliphatic heterocycles. The molecule has 0 fully saturated rings. The van der Waals surface area contributed by atoms with Gasteiger partial charge in [-0.05, 0) is 19.3 Å². The van der Waals surface area contributed by atoms with Crippen molar-refractivity contribution in [2.45, 2.75) is 95.6 Å². The number of thiol groups is 1. The SMILES string of the molecule is CCCCCCCCCCCCC/C=C/C[C@@H](S)CN=O. The minimum absolute atomic E-state index is 0.0936. The molecule has 3 heteroatoms. The van der Waals surface area contributed by atoms with Crippen LogP contribution in [0.15, 0.2) is 17.3 Å². The van der Waals surface area contributed by atoms with Crippen molar-refractivity contribution < 1.29 is 0 Å². The van der Waals surface area contributed by atoms with Crippen LogP contribution in [0.1, 0.15) is 90.4 Å². The molecule has 0 aliphatic rings. The first-order chi connectivity index (χ1) is 10.3. The molecular weight excluding hydrogens is 278 g/mol. The lowest BCUT2D eigenvalue weighted by atomic mass is 10.1. The summed E-state index contributed by atoms with van der Waals surface area (Å²) in [5.41, 5.74) is 0. The summed E-state index contributed by atoms with van der Waals surface area (Å²) in [4.78, 5) is 10.0. The molecule has 2 nitrogen and oxygen atoms in total. The van der Waals surface area contributed by atoms with Crippen molar-refractivity contribution in [3.05, 3.63) is 17.1 Å². The van der Waals surface area contributed by atoms with E-state index < -0.39 is 0 Å². The molecule has 0 aromatic carbocycles. The first-order valence-corrected chi connectivity index (χ1v) is 9.45. The molecule has 1 atom stereocenters. The van der Waals surface area contributed by atoms with E-state index in [4.69, 9.17) is 0 Å². The van der Waals surface area contributed by atoms with Crippen LogP contribution >= 0.6 is 12.6 Å². The van der Waals surface area contributed by atoms with Gasteiger partial charge in [0.15, 0.2) is 0 Å². The molecule has 0 aliphatic carbocycles. The lowest BCUT2D eigenvalue weighted by Gasteiger charge is -2.02. The Hall–Kier alpha value is -0.310. The fourth-order valence-corrected chi connectivity index (χ4v) is 2.65. The van der Waals surface area contributed by atoms with Gasteiger partial charge in [0.05, 0.1) is 6.54 Å². The van der Waals surface area contributed by atoms with Gasteiger partial charge >= 0.3 is 0 Å². The molecule has 21 heavy (non-hydrogen) atoms. The maximum atomic E-state index is 10.0. The molecule has 0 unspecified atom stereocenters. The van der Waals surface area contributed by atoms with Crippen molar-refractivity contribution in [1.29, 1.82) is 0 Å². The molecule has 0 bridgehead atoms. The van der Waals surface area contributed by atoms with Crippen LogP contribution in [0.2, 0.25) is 0 Å². The van der Waals surface area contributed by atoms with Gasteiger partial charge in [-0.1, -0.05) is 88.5 Å². The predicted molar refractivity (Wildman–Crippen MR) is 98.3 cm³/mol. The average Bonchev–Trinajstić information content (AvgIpc) is 2.48. The van der Waals surface area contributed by atoms with Crippen LogP contribution in [0.3, 0.4) is 0 Å². The second-order valence-corrected chi connectivity index (χ2v) is 6.73. The van der Waals surface area contributed by atoms with E-state index in [1.807, 2.05) is 0 Å². The van der Waals surface area contributed by atoms with E-state index in [0.29, 0.717) is 6.54 Å². The Kier molecular flexibility index (Phi) is 17.5. The van der Waals surface area contributed by atoms with Crippen molar-refractivity contribution in [2.75, 3.05) is 6.54 Å². The Morgan fingerprint density at radius 2 is 1.38 bits per heavy atom. The average molecular weight is 314 g/mol. The van der Waals surface area contributed by atoms with E-state index in [1.165, 1.54) is 70.6 Å². The van der Waals surface area contributed by atoms with Gasteiger partial charge in [0.25, 0.3) is 0 Å². The van der Waals surface area contributed by atoms with Crippen molar-refractivity contribution >= 4 is 12.6 Å². The highest BCUT2D eigenvalue weighted by Crippen LogP contribution is 2.12. The summed E-state index contributed by atoms with van der Waals surface area (Å²) in [7, 11) is 0. The van der Waals surface area contributed by atoms with E-state index in [2.05, 4.69) is 36.9 Å². The number of allylic oxidation sites excluding steroid dienone is 2. The largest absolute Gasteiger partial charge is 0.174 e. The number of hydrogen-bond acceptors (Lipinski definition) is 3. The fourth-order valence-electron chi connectivity index (χ4n) is 2.46. The Balaban J connectivity index is 3.11. The third kappa shape index (κ3) is 17.6. The number of unbranched alkanes of at least 4 members (excludes halogenated alkanes) is 11. The Bertz CT molecular complexity index is 243. The summed E-state index contributed by atoms with van der Waals surface area (Å²) in [6.45, 7) is 2.58. The van der Waals surface area contributed by atoms with Crippen molar-refractivity contribution in [3.8, 4) is 0 Å². The van der Waals surface area contributed by atoms with Gasteiger partial charge in [-0.25, -0.2) is 0 Å². The maximum Gasteiger partial charge on any atom is 0.0930 e. The Labute approximate surface area is 137 Å². The highest BCUT2D eigenvalue weighted by Gasteiger charge is 1.98. The third-order valence-electron chi connectivity index (χ3n) is 3.83. The van der Waals surface area contributed by atoms with Crippen LogP contribution in [0.4, 0.5) is 0 Å². The van der Waals surface area contributed by atoms with Gasteiger partial charge in [-0.3, -0.25) is 0 Å². The molecule has 0 heterocycles. The highest BCUT2D eigenvalue weighted by atomic mass is 32.1. The van der Waals surface area contributed by atoms with Gasteiger partial charge in [0.2, 0.25) is 0 Å². The first-order valence-electron chi connectivity index (χ1n) is 8.93. The topological polar surface area (TPSA) is 29.4 Å². The number of rotatable bonds is 16. The monoisotopic (exact) mass is 313 g/mol. The summed E-state index contributed by atoms with van der Waals surface area (Å²) < 4.78 is 0. The van der Waals surface area contributed by atoms with Crippen molar-refractivity contribution in [2.24, 2.45) is 5.18 Å². The summed E-state index contributed by atoms with van der Waals surface area (Å²) in [6, 6.07) is 0. The lowest BCUT2D eigenvalue weighted by molar-refractivity contribution is 0.550. The molecular formula is C18H35NOS. The van der Waals surface area contributed by atoms with Gasteiger partial charge in [-0.15, -0.1) is 0 Å². The van der Waals surface area contributed by atoms with E-state index in [9.17, 15) is 4.91 Å². The van der Waals surface area contributed by atoms with Crippen LogP contribution in [0.5, 0.6) is 0 Å². The molecule has 0 saturated heterocycles. The smallest absolute Gasteiger partial charge is 0.0930 e. The molecule has 0 aromatic heterocycles. The predicted octanol–water partition coefficient (Wildman–Crippen LogP) is 6.70. The number of hydrogen-bond donors (Lipinski definition) is 1. The molecule has 0 rings (SSSR count). The van der Waals surface area contributed by atoms with Crippen LogP contribution in [0, 0.1) is 4.91 Å². The molecule has 124 valence electrons. The molecule has 0 N–H and O–H groups in total. The standard InChI is InChI=1S/C18H35NOS/c1-2-3-4-5-6-7-8-9-10-11-12-13-14-15-16-18(21)17-19-20/h14-15,18,21H,2-13,16-17H2,1H3/b15-14+/t18-/m1/s1. The zero-order chi connectivity index (χ0) is 15.6. The van der Waals surface area contributed by atoms with Crippen LogP contribution in [-0.4, -0.2) is 11.8 Å². The molecule has 0 amide bonds.